The molecule has 0 unspecified atom stereocenters. The fourth-order valence-corrected chi connectivity index (χ4v) is 4.20. The summed E-state index contributed by atoms with van der Waals surface area (Å²) in [6, 6.07) is 0. The van der Waals surface area contributed by atoms with Crippen LogP contribution in [0.1, 0.15) is 32.6 Å². The summed E-state index contributed by atoms with van der Waals surface area (Å²) in [6.07, 6.45) is 3.06. The maximum absolute atomic E-state index is 12.5. The lowest BCUT2D eigenvalue weighted by Gasteiger charge is -2.33. The lowest BCUT2D eigenvalue weighted by Crippen LogP contribution is -2.48. The first kappa shape index (κ1) is 14.7. The van der Waals surface area contributed by atoms with Crippen LogP contribution < -0.4 is 0 Å². The molecule has 2 aliphatic rings. The van der Waals surface area contributed by atoms with E-state index in [1.807, 2.05) is 6.92 Å². The summed E-state index contributed by atoms with van der Waals surface area (Å²) in [5.41, 5.74) is 0. The third-order valence-electron chi connectivity index (χ3n) is 3.97. The van der Waals surface area contributed by atoms with Crippen LogP contribution >= 0.6 is 0 Å². The Morgan fingerprint density at radius 2 is 1.84 bits per heavy atom. The number of carbonyl (C=O) groups is 1. The minimum Gasteiger partial charge on any atom is -0.481 e. The van der Waals surface area contributed by atoms with Crippen molar-refractivity contribution in [3.8, 4) is 0 Å². The molecule has 0 spiro atoms. The van der Waals surface area contributed by atoms with E-state index >= 15 is 0 Å². The van der Waals surface area contributed by atoms with E-state index < -0.39 is 22.1 Å². The molecular formula is C12H22N2O4S. The number of aliphatic carboxylic acids is 1. The zero-order valence-electron chi connectivity index (χ0n) is 11.3. The van der Waals surface area contributed by atoms with Crippen LogP contribution in [-0.4, -0.2) is 54.3 Å². The Balaban J connectivity index is 1.97. The quantitative estimate of drug-likeness (QED) is 0.783. The van der Waals surface area contributed by atoms with Gasteiger partial charge in [0.15, 0.2) is 0 Å². The molecular weight excluding hydrogens is 268 g/mol. The van der Waals surface area contributed by atoms with Crippen molar-refractivity contribution in [2.75, 3.05) is 26.2 Å². The first-order valence-corrected chi connectivity index (χ1v) is 8.33. The number of piperidine rings is 1. The molecule has 1 saturated carbocycles. The molecule has 1 heterocycles. The van der Waals surface area contributed by atoms with Crippen LogP contribution in [0.4, 0.5) is 0 Å². The number of nitrogens with zero attached hydrogens (tertiary/aromatic N) is 2. The first-order chi connectivity index (χ1) is 8.95. The van der Waals surface area contributed by atoms with Gasteiger partial charge in [0.05, 0.1) is 5.92 Å². The van der Waals surface area contributed by atoms with Crippen molar-refractivity contribution >= 4 is 16.2 Å². The molecule has 2 rings (SSSR count). The normalized spacial score (nSPS) is 22.8. The Bertz CT molecular complexity index is 425. The van der Waals surface area contributed by atoms with Crippen molar-refractivity contribution in [1.82, 2.24) is 8.61 Å². The highest BCUT2D eigenvalue weighted by molar-refractivity contribution is 7.86. The summed E-state index contributed by atoms with van der Waals surface area (Å²) in [4.78, 5) is 10.9. The van der Waals surface area contributed by atoms with Gasteiger partial charge in [-0.3, -0.25) is 4.79 Å². The lowest BCUT2D eigenvalue weighted by atomic mass is 9.99. The molecule has 19 heavy (non-hydrogen) atoms. The molecule has 0 aromatic rings. The molecule has 2 fully saturated rings. The van der Waals surface area contributed by atoms with Crippen molar-refractivity contribution < 1.29 is 18.3 Å². The van der Waals surface area contributed by atoms with Gasteiger partial charge in [-0.1, -0.05) is 6.92 Å². The Kier molecular flexibility index (Phi) is 4.47. The third kappa shape index (κ3) is 3.46. The molecule has 0 aromatic carbocycles. The highest BCUT2D eigenvalue weighted by Gasteiger charge is 2.36. The fraction of sp³-hybridized carbons (Fsp3) is 0.917. The Labute approximate surface area is 114 Å². The average molecular weight is 290 g/mol. The molecule has 1 saturated heterocycles. The molecule has 7 heteroatoms. The maximum atomic E-state index is 12.5. The average Bonchev–Trinajstić information content (AvgIpc) is 3.19. The molecule has 0 atom stereocenters. The van der Waals surface area contributed by atoms with E-state index in [0.29, 0.717) is 44.9 Å². The minimum absolute atomic E-state index is 0.320. The first-order valence-electron chi connectivity index (χ1n) is 6.93. The van der Waals surface area contributed by atoms with Gasteiger partial charge in [0.1, 0.15) is 0 Å². The number of hydrogen-bond acceptors (Lipinski definition) is 3. The van der Waals surface area contributed by atoms with Gasteiger partial charge in [0.2, 0.25) is 0 Å². The monoisotopic (exact) mass is 290 g/mol. The number of hydrogen-bond donors (Lipinski definition) is 1. The standard InChI is InChI=1S/C12H22N2O4S/c1-2-13(9-10-3-4-10)19(17,18)14-7-5-11(6-8-14)12(15)16/h10-11H,2-9H2,1H3,(H,15,16). The van der Waals surface area contributed by atoms with E-state index in [2.05, 4.69) is 0 Å². The SMILES string of the molecule is CCN(CC1CC1)S(=O)(=O)N1CCC(C(=O)O)CC1. The molecule has 0 aromatic heterocycles. The van der Waals surface area contributed by atoms with Crippen LogP contribution in [0.25, 0.3) is 0 Å². The second-order valence-corrected chi connectivity index (χ2v) is 7.34. The van der Waals surface area contributed by atoms with E-state index in [9.17, 15) is 13.2 Å². The van der Waals surface area contributed by atoms with Crippen LogP contribution in [0, 0.1) is 11.8 Å². The summed E-state index contributed by atoms with van der Waals surface area (Å²) in [7, 11) is -3.40. The molecule has 6 nitrogen and oxygen atoms in total. The molecule has 110 valence electrons. The zero-order chi connectivity index (χ0) is 14.0. The van der Waals surface area contributed by atoms with Crippen LogP contribution in [-0.2, 0) is 15.0 Å². The molecule has 0 radical (unpaired) electrons. The van der Waals surface area contributed by atoms with Crippen molar-refractivity contribution in [3.05, 3.63) is 0 Å². The van der Waals surface area contributed by atoms with Crippen molar-refractivity contribution in [1.29, 1.82) is 0 Å². The number of rotatable bonds is 6. The predicted molar refractivity (Wildman–Crippen MR) is 70.8 cm³/mol. The van der Waals surface area contributed by atoms with E-state index in [0.717, 1.165) is 12.8 Å². The van der Waals surface area contributed by atoms with E-state index in [4.69, 9.17) is 5.11 Å². The van der Waals surface area contributed by atoms with Gasteiger partial charge >= 0.3 is 5.97 Å². The second-order valence-electron chi connectivity index (χ2n) is 5.41. The highest BCUT2D eigenvalue weighted by atomic mass is 32.2. The Morgan fingerprint density at radius 3 is 2.26 bits per heavy atom. The summed E-state index contributed by atoms with van der Waals surface area (Å²) >= 11 is 0. The van der Waals surface area contributed by atoms with Gasteiger partial charge in [0.25, 0.3) is 10.2 Å². The fourth-order valence-electron chi connectivity index (χ4n) is 2.47. The van der Waals surface area contributed by atoms with Crippen LogP contribution in [0.2, 0.25) is 0 Å². The Morgan fingerprint density at radius 1 is 1.26 bits per heavy atom. The smallest absolute Gasteiger partial charge is 0.306 e. The van der Waals surface area contributed by atoms with Crippen LogP contribution in [0.15, 0.2) is 0 Å². The topological polar surface area (TPSA) is 77.9 Å². The van der Waals surface area contributed by atoms with E-state index in [1.54, 1.807) is 0 Å². The van der Waals surface area contributed by atoms with Gasteiger partial charge in [-0.05, 0) is 31.6 Å². The molecule has 1 aliphatic heterocycles. The molecule has 1 aliphatic carbocycles. The van der Waals surface area contributed by atoms with Gasteiger partial charge in [-0.25, -0.2) is 0 Å². The zero-order valence-corrected chi connectivity index (χ0v) is 12.1. The maximum Gasteiger partial charge on any atom is 0.306 e. The van der Waals surface area contributed by atoms with E-state index in [-0.39, 0.29) is 0 Å². The summed E-state index contributed by atoms with van der Waals surface area (Å²) in [6.45, 7) is 3.58. The largest absolute Gasteiger partial charge is 0.481 e. The third-order valence-corrected chi connectivity index (χ3v) is 6.04. The summed E-state index contributed by atoms with van der Waals surface area (Å²) in [5.74, 6) is -0.696. The van der Waals surface area contributed by atoms with Crippen molar-refractivity contribution in [2.24, 2.45) is 11.8 Å². The Hall–Kier alpha value is -0.660. The second kappa shape index (κ2) is 5.76. The molecule has 0 amide bonds. The summed E-state index contributed by atoms with van der Waals surface area (Å²) in [5, 5.41) is 8.93. The van der Waals surface area contributed by atoms with E-state index in [1.165, 1.54) is 8.61 Å². The van der Waals surface area contributed by atoms with Gasteiger partial charge in [-0.2, -0.15) is 17.0 Å². The van der Waals surface area contributed by atoms with Gasteiger partial charge in [-0.15, -0.1) is 0 Å². The lowest BCUT2D eigenvalue weighted by molar-refractivity contribution is -0.142. The van der Waals surface area contributed by atoms with Crippen LogP contribution in [0.5, 0.6) is 0 Å². The summed E-state index contributed by atoms with van der Waals surface area (Å²) < 4.78 is 27.9. The molecule has 0 bridgehead atoms. The van der Waals surface area contributed by atoms with Crippen LogP contribution in [0.3, 0.4) is 0 Å². The predicted octanol–water partition coefficient (Wildman–Crippen LogP) is 0.760. The minimum atomic E-state index is -3.40. The van der Waals surface area contributed by atoms with Crippen molar-refractivity contribution in [2.45, 2.75) is 32.6 Å². The highest BCUT2D eigenvalue weighted by Crippen LogP contribution is 2.31. The van der Waals surface area contributed by atoms with Gasteiger partial charge in [0, 0.05) is 26.2 Å². The number of carboxylic acids is 1. The van der Waals surface area contributed by atoms with Gasteiger partial charge < -0.3 is 5.11 Å². The number of carboxylic acid groups (broad SMARTS) is 1. The molecule has 1 N–H and O–H groups in total. The van der Waals surface area contributed by atoms with Crippen molar-refractivity contribution in [3.63, 3.8) is 0 Å².